The van der Waals surface area contributed by atoms with Crippen LogP contribution in [0.4, 0.5) is 5.69 Å². The van der Waals surface area contributed by atoms with Crippen LogP contribution in [0.2, 0.25) is 0 Å². The van der Waals surface area contributed by atoms with Gasteiger partial charge in [-0.1, -0.05) is 12.5 Å². The monoisotopic (exact) mass is 459 g/mol. The molecule has 0 bridgehead atoms. The Morgan fingerprint density at radius 2 is 1.91 bits per heavy atom. The summed E-state index contributed by atoms with van der Waals surface area (Å²) in [6.07, 6.45) is 5.06. The summed E-state index contributed by atoms with van der Waals surface area (Å²) in [6.45, 7) is 5.48. The molecule has 3 heterocycles. The van der Waals surface area contributed by atoms with E-state index in [0.717, 1.165) is 36.0 Å². The van der Waals surface area contributed by atoms with Gasteiger partial charge in [-0.3, -0.25) is 14.5 Å². The van der Waals surface area contributed by atoms with E-state index in [-0.39, 0.29) is 23.4 Å². The average molecular weight is 460 g/mol. The van der Waals surface area contributed by atoms with E-state index >= 15 is 0 Å². The van der Waals surface area contributed by atoms with Crippen molar-refractivity contribution in [1.82, 2.24) is 10.2 Å². The van der Waals surface area contributed by atoms with E-state index in [1.54, 1.807) is 32.2 Å². The van der Waals surface area contributed by atoms with Crippen molar-refractivity contribution < 1.29 is 22.4 Å². The summed E-state index contributed by atoms with van der Waals surface area (Å²) in [5.41, 5.74) is -0.513. The molecule has 2 aromatic rings. The summed E-state index contributed by atoms with van der Waals surface area (Å²) >= 11 is 0. The van der Waals surface area contributed by atoms with Gasteiger partial charge in [0.2, 0.25) is 15.9 Å². The highest BCUT2D eigenvalue weighted by atomic mass is 32.2. The number of likely N-dealkylation sites (tertiary alicyclic amines) is 1. The first-order valence-electron chi connectivity index (χ1n) is 10.9. The molecule has 2 aliphatic heterocycles. The number of hydrogen-bond acceptors (Lipinski definition) is 6. The smallest absolute Gasteiger partial charge is 0.251 e. The zero-order valence-electron chi connectivity index (χ0n) is 18.4. The van der Waals surface area contributed by atoms with Gasteiger partial charge in [0.15, 0.2) is 0 Å². The Kier molecular flexibility index (Phi) is 6.13. The van der Waals surface area contributed by atoms with Crippen molar-refractivity contribution in [3.63, 3.8) is 0 Å². The molecule has 1 aromatic heterocycles. The third-order valence-electron chi connectivity index (χ3n) is 6.09. The van der Waals surface area contributed by atoms with Crippen molar-refractivity contribution in [2.75, 3.05) is 29.7 Å². The molecule has 9 heteroatoms. The summed E-state index contributed by atoms with van der Waals surface area (Å²) in [7, 11) is -3.78. The zero-order valence-corrected chi connectivity index (χ0v) is 19.2. The van der Waals surface area contributed by atoms with Crippen LogP contribution in [-0.2, 0) is 14.8 Å². The van der Waals surface area contributed by atoms with Gasteiger partial charge < -0.3 is 9.73 Å². The van der Waals surface area contributed by atoms with Crippen LogP contribution in [0.1, 0.15) is 55.3 Å². The molecule has 1 atom stereocenters. The predicted molar refractivity (Wildman–Crippen MR) is 121 cm³/mol. The van der Waals surface area contributed by atoms with Crippen LogP contribution in [0.25, 0.3) is 0 Å². The second kappa shape index (κ2) is 8.71. The molecule has 0 spiro atoms. The number of piperidine rings is 1. The minimum atomic E-state index is -3.78. The number of amides is 2. The van der Waals surface area contributed by atoms with Crippen LogP contribution in [-0.4, -0.2) is 50.5 Å². The molecule has 2 fully saturated rings. The summed E-state index contributed by atoms with van der Waals surface area (Å²) < 4.78 is 31.6. The van der Waals surface area contributed by atoms with Crippen molar-refractivity contribution in [3.8, 4) is 0 Å². The van der Waals surface area contributed by atoms with Crippen LogP contribution in [0.5, 0.6) is 0 Å². The maximum Gasteiger partial charge on any atom is 0.251 e. The van der Waals surface area contributed by atoms with E-state index in [1.165, 1.54) is 18.6 Å². The van der Waals surface area contributed by atoms with Gasteiger partial charge in [-0.05, 0) is 70.1 Å². The predicted octanol–water partition coefficient (Wildman–Crippen LogP) is 2.94. The number of hydrogen-bond donors (Lipinski definition) is 1. The van der Waals surface area contributed by atoms with Crippen LogP contribution in [0.3, 0.4) is 0 Å². The Labute approximate surface area is 188 Å². The number of anilines is 1. The molecule has 0 saturated carbocycles. The second-order valence-electron chi connectivity index (χ2n) is 9.10. The van der Waals surface area contributed by atoms with Gasteiger partial charge in [0.05, 0.1) is 29.2 Å². The van der Waals surface area contributed by atoms with Gasteiger partial charge >= 0.3 is 0 Å². The van der Waals surface area contributed by atoms with Crippen LogP contribution >= 0.6 is 0 Å². The van der Waals surface area contributed by atoms with Gasteiger partial charge in [-0.2, -0.15) is 0 Å². The van der Waals surface area contributed by atoms with Gasteiger partial charge in [0.1, 0.15) is 5.76 Å². The lowest BCUT2D eigenvalue weighted by molar-refractivity contribution is -0.123. The van der Waals surface area contributed by atoms with Crippen molar-refractivity contribution in [1.29, 1.82) is 0 Å². The fraction of sp³-hybridized carbons (Fsp3) is 0.478. The highest BCUT2D eigenvalue weighted by Crippen LogP contribution is 2.36. The minimum Gasteiger partial charge on any atom is -0.468 e. The fourth-order valence-corrected chi connectivity index (χ4v) is 6.55. The maximum atomic E-state index is 12.9. The second-order valence-corrected chi connectivity index (χ2v) is 10.9. The first kappa shape index (κ1) is 22.5. The highest BCUT2D eigenvalue weighted by molar-refractivity contribution is 7.94. The van der Waals surface area contributed by atoms with E-state index in [4.69, 9.17) is 4.42 Å². The number of carbonyl (C=O) groups is 2. The van der Waals surface area contributed by atoms with Gasteiger partial charge in [0, 0.05) is 12.1 Å². The first-order chi connectivity index (χ1) is 15.2. The van der Waals surface area contributed by atoms with Crippen LogP contribution in [0.15, 0.2) is 47.1 Å². The number of rotatable bonds is 6. The molecule has 32 heavy (non-hydrogen) atoms. The molecule has 0 aliphatic carbocycles. The van der Waals surface area contributed by atoms with E-state index in [2.05, 4.69) is 10.2 Å². The molecule has 172 valence electrons. The van der Waals surface area contributed by atoms with E-state index in [0.29, 0.717) is 12.1 Å². The lowest BCUT2D eigenvalue weighted by Crippen LogP contribution is -2.40. The van der Waals surface area contributed by atoms with Gasteiger partial charge in [0.25, 0.3) is 5.91 Å². The fourth-order valence-electron chi connectivity index (χ4n) is 4.45. The molecular weight excluding hydrogens is 430 g/mol. The molecular formula is C23H29N3O5S. The summed E-state index contributed by atoms with van der Waals surface area (Å²) in [4.78, 5) is 27.9. The van der Waals surface area contributed by atoms with Crippen LogP contribution in [0, 0.1) is 5.41 Å². The molecule has 0 radical (unpaired) electrons. The number of nitrogens with zero attached hydrogens (tertiary/aromatic N) is 2. The van der Waals surface area contributed by atoms with E-state index in [1.807, 2.05) is 12.1 Å². The quantitative estimate of drug-likeness (QED) is 0.713. The lowest BCUT2D eigenvalue weighted by atomic mass is 9.95. The van der Waals surface area contributed by atoms with Crippen molar-refractivity contribution in [3.05, 3.63) is 54.0 Å². The van der Waals surface area contributed by atoms with Gasteiger partial charge in [-0.15, -0.1) is 0 Å². The molecule has 1 unspecified atom stereocenters. The Bertz CT molecular complexity index is 1090. The normalized spacial score (nSPS) is 21.4. The molecule has 4 rings (SSSR count). The molecule has 2 aliphatic rings. The number of carbonyl (C=O) groups excluding carboxylic acids is 2. The zero-order chi connectivity index (χ0) is 22.9. The average Bonchev–Trinajstić information content (AvgIpc) is 3.33. The molecule has 1 N–H and O–H groups in total. The molecule has 2 amide bonds. The summed E-state index contributed by atoms with van der Waals surface area (Å²) in [5.74, 6) is -0.269. The number of sulfonamides is 1. The topological polar surface area (TPSA) is 99.9 Å². The number of benzene rings is 1. The minimum absolute atomic E-state index is 0.0706. The Hall–Kier alpha value is -2.65. The number of furan rings is 1. The van der Waals surface area contributed by atoms with Crippen molar-refractivity contribution in [2.24, 2.45) is 5.41 Å². The van der Waals surface area contributed by atoms with E-state index in [9.17, 15) is 18.0 Å². The van der Waals surface area contributed by atoms with Crippen molar-refractivity contribution >= 4 is 27.5 Å². The third-order valence-corrected chi connectivity index (χ3v) is 8.11. The van der Waals surface area contributed by atoms with E-state index < -0.39 is 21.3 Å². The lowest BCUT2D eigenvalue weighted by Gasteiger charge is -2.33. The van der Waals surface area contributed by atoms with Crippen molar-refractivity contribution in [2.45, 2.75) is 39.2 Å². The molecule has 8 nitrogen and oxygen atoms in total. The Morgan fingerprint density at radius 3 is 2.53 bits per heavy atom. The standard InChI is InChI=1S/C23H29N3O5S/c1-23(2)16-32(29,30)26(22(23)28)18-9-6-8-17(14-18)21(27)24-15-19(20-10-7-13-31-20)25-11-4-3-5-12-25/h6-10,13-14,19H,3-5,11-12,15-16H2,1-2H3,(H,24,27). The number of nitrogens with one attached hydrogen (secondary N) is 1. The van der Waals surface area contributed by atoms with Crippen LogP contribution < -0.4 is 9.62 Å². The maximum absolute atomic E-state index is 12.9. The largest absolute Gasteiger partial charge is 0.468 e. The van der Waals surface area contributed by atoms with Gasteiger partial charge in [-0.25, -0.2) is 12.7 Å². The highest BCUT2D eigenvalue weighted by Gasteiger charge is 2.50. The summed E-state index contributed by atoms with van der Waals surface area (Å²) in [6, 6.07) is 9.87. The summed E-state index contributed by atoms with van der Waals surface area (Å²) in [5, 5.41) is 2.96. The Balaban J connectivity index is 1.51. The first-order valence-corrected chi connectivity index (χ1v) is 12.5. The Morgan fingerprint density at radius 1 is 1.16 bits per heavy atom. The third kappa shape index (κ3) is 4.45. The molecule has 1 aromatic carbocycles. The SMILES string of the molecule is CC1(C)CS(=O)(=O)N(c2cccc(C(=O)NCC(c3ccco3)N3CCCCC3)c2)C1=O. The molecule has 2 saturated heterocycles.